The summed E-state index contributed by atoms with van der Waals surface area (Å²) in [7, 11) is 0. The fourth-order valence-electron chi connectivity index (χ4n) is 3.21. The van der Waals surface area contributed by atoms with E-state index in [0.717, 1.165) is 44.5 Å². The number of nitro groups is 1. The molecule has 1 saturated heterocycles. The first-order chi connectivity index (χ1) is 13.4. The average Bonchev–Trinajstić information content (AvgIpc) is 2.64. The Bertz CT molecular complexity index is 861. The third-order valence-corrected chi connectivity index (χ3v) is 5.34. The summed E-state index contributed by atoms with van der Waals surface area (Å²) in [5.41, 5.74) is -0.540. The van der Waals surface area contributed by atoms with E-state index in [4.69, 9.17) is 4.74 Å². The van der Waals surface area contributed by atoms with Crippen LogP contribution in [0.3, 0.4) is 0 Å². The summed E-state index contributed by atoms with van der Waals surface area (Å²) in [5.74, 6) is -0.963. The first kappa shape index (κ1) is 20.7. The largest absolute Gasteiger partial charge is 0.487 e. The molecule has 1 aliphatic heterocycles. The summed E-state index contributed by atoms with van der Waals surface area (Å²) in [6, 6.07) is 6.34. The van der Waals surface area contributed by atoms with Gasteiger partial charge in [-0.3, -0.25) is 10.1 Å². The lowest BCUT2D eigenvalue weighted by Gasteiger charge is -2.22. The molecule has 2 N–H and O–H groups in total. The van der Waals surface area contributed by atoms with Crippen LogP contribution in [0, 0.1) is 31.2 Å². The zero-order valence-electron chi connectivity index (χ0n) is 15.0. The zero-order chi connectivity index (χ0) is 20.1. The fraction of sp³-hybridized carbons (Fsp3) is 0.368. The van der Waals surface area contributed by atoms with Gasteiger partial charge in [0.05, 0.1) is 17.2 Å². The lowest BCUT2D eigenvalue weighted by molar-refractivity contribution is -0.385. The molecule has 3 rings (SSSR count). The molecule has 28 heavy (non-hydrogen) atoms. The predicted molar refractivity (Wildman–Crippen MR) is 111 cm³/mol. The van der Waals surface area contributed by atoms with E-state index in [1.54, 1.807) is 6.07 Å². The maximum absolute atomic E-state index is 14.1. The second-order valence-corrected chi connectivity index (χ2v) is 7.88. The van der Waals surface area contributed by atoms with Gasteiger partial charge in [-0.15, -0.1) is 0 Å². The molecule has 0 atom stereocenters. The van der Waals surface area contributed by atoms with Crippen LogP contribution in [0.5, 0.6) is 5.75 Å². The lowest BCUT2D eigenvalue weighted by Crippen LogP contribution is -2.28. The Kier molecular flexibility index (Phi) is 7.00. The molecule has 0 amide bonds. The molecule has 0 spiro atoms. The quantitative estimate of drug-likeness (QED) is 0.317. The molecular weight excluding hydrogens is 483 g/mol. The number of nitrogens with one attached hydrogen (secondary N) is 2. The number of halogens is 3. The first-order valence-electron chi connectivity index (χ1n) is 8.97. The van der Waals surface area contributed by atoms with Crippen molar-refractivity contribution in [2.45, 2.75) is 19.3 Å². The molecule has 0 saturated carbocycles. The monoisotopic (exact) mass is 503 g/mol. The van der Waals surface area contributed by atoms with Crippen LogP contribution in [0.15, 0.2) is 30.3 Å². The molecule has 0 bridgehead atoms. The number of piperidine rings is 1. The maximum atomic E-state index is 14.1. The number of rotatable bonds is 7. The fourth-order valence-corrected chi connectivity index (χ4v) is 3.66. The van der Waals surface area contributed by atoms with E-state index in [9.17, 15) is 18.9 Å². The van der Waals surface area contributed by atoms with E-state index < -0.39 is 22.2 Å². The number of hydrogen-bond donors (Lipinski definition) is 2. The second-order valence-electron chi connectivity index (χ2n) is 6.64. The molecule has 2 aromatic rings. The van der Waals surface area contributed by atoms with Gasteiger partial charge in [0.1, 0.15) is 17.3 Å². The standard InChI is InChI=1S/C19H20F2IN3O3/c20-13-9-17(24-16-2-1-14(22)11-15(16)21)19(25(26)27)18(10-13)28-8-5-12-3-6-23-7-4-12/h1-2,9-12,23-24H,3-8H2. The molecule has 6 nitrogen and oxygen atoms in total. The minimum atomic E-state index is -0.698. The Labute approximate surface area is 174 Å². The van der Waals surface area contributed by atoms with Gasteiger partial charge in [0.25, 0.3) is 0 Å². The van der Waals surface area contributed by atoms with E-state index >= 15 is 0 Å². The maximum Gasteiger partial charge on any atom is 0.334 e. The van der Waals surface area contributed by atoms with Gasteiger partial charge in [-0.05, 0) is 79.1 Å². The molecule has 0 radical (unpaired) electrons. The van der Waals surface area contributed by atoms with Crippen molar-refractivity contribution >= 4 is 39.7 Å². The van der Waals surface area contributed by atoms with E-state index in [0.29, 0.717) is 9.49 Å². The summed E-state index contributed by atoms with van der Waals surface area (Å²) >= 11 is 1.95. The highest BCUT2D eigenvalue weighted by Crippen LogP contribution is 2.38. The van der Waals surface area contributed by atoms with E-state index in [-0.39, 0.29) is 23.7 Å². The van der Waals surface area contributed by atoms with Crippen LogP contribution in [-0.2, 0) is 0 Å². The van der Waals surface area contributed by atoms with Crippen LogP contribution in [0.2, 0.25) is 0 Å². The molecule has 150 valence electrons. The molecule has 2 aromatic carbocycles. The molecule has 1 fully saturated rings. The summed E-state index contributed by atoms with van der Waals surface area (Å²) in [4.78, 5) is 11.0. The number of hydrogen-bond acceptors (Lipinski definition) is 5. The van der Waals surface area contributed by atoms with Gasteiger partial charge in [0.15, 0.2) is 0 Å². The van der Waals surface area contributed by atoms with E-state index in [1.165, 1.54) is 12.1 Å². The summed E-state index contributed by atoms with van der Waals surface area (Å²) in [6.07, 6.45) is 2.78. The SMILES string of the molecule is O=[N+]([O-])c1c(Nc2ccc(I)cc2F)cc(F)cc1OCCC1CCNCC1. The minimum Gasteiger partial charge on any atom is -0.487 e. The number of anilines is 2. The molecule has 0 unspecified atom stereocenters. The summed E-state index contributed by atoms with van der Waals surface area (Å²) in [5, 5.41) is 17.5. The average molecular weight is 503 g/mol. The Hall–Kier alpha value is -2.01. The van der Waals surface area contributed by atoms with Crippen LogP contribution < -0.4 is 15.4 Å². The third-order valence-electron chi connectivity index (χ3n) is 4.67. The number of benzene rings is 2. The number of nitro benzene ring substituents is 1. The molecule has 9 heteroatoms. The third kappa shape index (κ3) is 5.28. The van der Waals surface area contributed by atoms with E-state index in [1.807, 2.05) is 22.6 Å². The zero-order valence-corrected chi connectivity index (χ0v) is 17.2. The second kappa shape index (κ2) is 9.46. The van der Waals surface area contributed by atoms with Crippen molar-refractivity contribution in [3.63, 3.8) is 0 Å². The van der Waals surface area contributed by atoms with Crippen LogP contribution in [0.25, 0.3) is 0 Å². The van der Waals surface area contributed by atoms with Crippen LogP contribution >= 0.6 is 22.6 Å². The van der Waals surface area contributed by atoms with Crippen LogP contribution in [-0.4, -0.2) is 24.6 Å². The van der Waals surface area contributed by atoms with Gasteiger partial charge in [-0.25, -0.2) is 8.78 Å². The topological polar surface area (TPSA) is 76.4 Å². The van der Waals surface area contributed by atoms with Gasteiger partial charge in [0, 0.05) is 15.7 Å². The van der Waals surface area contributed by atoms with Crippen LogP contribution in [0.1, 0.15) is 19.3 Å². The van der Waals surface area contributed by atoms with Crippen molar-refractivity contribution in [1.29, 1.82) is 0 Å². The van der Waals surface area contributed by atoms with Crippen LogP contribution in [0.4, 0.5) is 25.8 Å². The molecule has 1 heterocycles. The van der Waals surface area contributed by atoms with Crippen molar-refractivity contribution in [3.8, 4) is 5.75 Å². The molecule has 0 aliphatic carbocycles. The normalized spacial score (nSPS) is 14.7. The molecular formula is C19H20F2IN3O3. The van der Waals surface area contributed by atoms with Crippen molar-refractivity contribution in [2.24, 2.45) is 5.92 Å². The van der Waals surface area contributed by atoms with E-state index in [2.05, 4.69) is 10.6 Å². The van der Waals surface area contributed by atoms with Gasteiger partial charge in [0.2, 0.25) is 5.75 Å². The van der Waals surface area contributed by atoms with Gasteiger partial charge in [-0.2, -0.15) is 0 Å². The summed E-state index contributed by atoms with van der Waals surface area (Å²) < 4.78 is 34.4. The van der Waals surface area contributed by atoms with Crippen molar-refractivity contribution in [1.82, 2.24) is 5.32 Å². The Morgan fingerprint density at radius 2 is 1.96 bits per heavy atom. The summed E-state index contributed by atoms with van der Waals surface area (Å²) in [6.45, 7) is 2.15. The van der Waals surface area contributed by atoms with Crippen molar-refractivity contribution in [3.05, 3.63) is 55.7 Å². The predicted octanol–water partition coefficient (Wildman–Crippen LogP) is 4.99. The molecule has 1 aliphatic rings. The Morgan fingerprint density at radius 3 is 2.64 bits per heavy atom. The van der Waals surface area contributed by atoms with Gasteiger partial charge < -0.3 is 15.4 Å². The highest BCUT2D eigenvalue weighted by molar-refractivity contribution is 14.1. The smallest absolute Gasteiger partial charge is 0.334 e. The highest BCUT2D eigenvalue weighted by atomic mass is 127. The number of nitrogens with zero attached hydrogens (tertiary/aromatic N) is 1. The number of ether oxygens (including phenoxy) is 1. The minimum absolute atomic E-state index is 0.0229. The van der Waals surface area contributed by atoms with Crippen molar-refractivity contribution < 1.29 is 18.4 Å². The van der Waals surface area contributed by atoms with Gasteiger partial charge in [-0.1, -0.05) is 0 Å². The Balaban J connectivity index is 1.80. The molecule has 0 aromatic heterocycles. The highest BCUT2D eigenvalue weighted by Gasteiger charge is 2.24. The van der Waals surface area contributed by atoms with Gasteiger partial charge >= 0.3 is 5.69 Å². The Morgan fingerprint density at radius 1 is 1.21 bits per heavy atom. The first-order valence-corrected chi connectivity index (χ1v) is 10.1. The lowest BCUT2D eigenvalue weighted by atomic mass is 9.95. The van der Waals surface area contributed by atoms with Crippen molar-refractivity contribution in [2.75, 3.05) is 25.0 Å².